The third-order valence-corrected chi connectivity index (χ3v) is 5.03. The number of hydrogen-bond donors (Lipinski definition) is 1. The zero-order valence-corrected chi connectivity index (χ0v) is 15.6. The van der Waals surface area contributed by atoms with Gasteiger partial charge in [-0.2, -0.15) is 0 Å². The minimum atomic E-state index is 0.172. The molecule has 0 spiro atoms. The average Bonchev–Trinajstić information content (AvgIpc) is 2.56. The average molecular weight is 332 g/mol. The number of unbranched alkanes of at least 4 members (excludes halogenated alkanes) is 1. The summed E-state index contributed by atoms with van der Waals surface area (Å²) in [6, 6.07) is 8.34. The Bertz CT molecular complexity index is 509. The number of carbonyl (C=O) groups is 1. The predicted octanol–water partition coefficient (Wildman–Crippen LogP) is 2.63. The van der Waals surface area contributed by atoms with Gasteiger partial charge < -0.3 is 15.1 Å². The van der Waals surface area contributed by atoms with Gasteiger partial charge in [0.1, 0.15) is 0 Å². The Labute approximate surface area is 147 Å². The van der Waals surface area contributed by atoms with E-state index in [1.165, 1.54) is 37.3 Å². The third kappa shape index (κ3) is 6.25. The minimum absolute atomic E-state index is 0.172. The largest absolute Gasteiger partial charge is 0.356 e. The van der Waals surface area contributed by atoms with Gasteiger partial charge in [-0.05, 0) is 50.4 Å². The molecule has 134 valence electrons. The first-order chi connectivity index (χ1) is 11.6. The van der Waals surface area contributed by atoms with Gasteiger partial charge in [-0.3, -0.25) is 4.79 Å². The quantitative estimate of drug-likeness (QED) is 0.744. The van der Waals surface area contributed by atoms with Gasteiger partial charge in [0.05, 0.1) is 0 Å². The molecule has 0 unspecified atom stereocenters. The van der Waals surface area contributed by atoms with E-state index in [9.17, 15) is 4.79 Å². The Morgan fingerprint density at radius 1 is 1.17 bits per heavy atom. The molecule has 0 radical (unpaired) electrons. The number of amides is 1. The lowest BCUT2D eigenvalue weighted by Crippen LogP contribution is -2.44. The topological polar surface area (TPSA) is 35.6 Å². The second kappa shape index (κ2) is 9.80. The van der Waals surface area contributed by atoms with E-state index < -0.39 is 0 Å². The van der Waals surface area contributed by atoms with Gasteiger partial charge in [0, 0.05) is 39.1 Å². The molecule has 1 aliphatic heterocycles. The lowest BCUT2D eigenvalue weighted by Gasteiger charge is -2.32. The van der Waals surface area contributed by atoms with Crippen molar-refractivity contribution in [2.75, 3.05) is 46.3 Å². The van der Waals surface area contributed by atoms with Gasteiger partial charge in [-0.25, -0.2) is 0 Å². The van der Waals surface area contributed by atoms with Crippen LogP contribution in [0, 0.1) is 6.92 Å². The van der Waals surface area contributed by atoms with Crippen molar-refractivity contribution >= 4 is 5.91 Å². The second-order valence-corrected chi connectivity index (χ2v) is 7.16. The molecule has 24 heavy (non-hydrogen) atoms. The summed E-state index contributed by atoms with van der Waals surface area (Å²) in [5, 5.41) is 3.08. The predicted molar refractivity (Wildman–Crippen MR) is 100 cm³/mol. The molecule has 1 heterocycles. The number of benzene rings is 1. The first kappa shape index (κ1) is 18.9. The summed E-state index contributed by atoms with van der Waals surface area (Å²) < 4.78 is 0. The summed E-state index contributed by atoms with van der Waals surface area (Å²) in [6.07, 6.45) is 2.80. The van der Waals surface area contributed by atoms with Crippen molar-refractivity contribution < 1.29 is 4.79 Å². The standard InChI is InChI=1S/C20H33N3O/c1-17-8-4-5-9-19(17)18(2)16-20(24)21-10-6-7-11-23-14-12-22(3)13-15-23/h4-5,8-9,18H,6-7,10-16H2,1-3H3,(H,21,24)/t18-/m0/s1. The maximum atomic E-state index is 12.1. The van der Waals surface area contributed by atoms with E-state index >= 15 is 0 Å². The highest BCUT2D eigenvalue weighted by Gasteiger charge is 2.14. The molecule has 1 amide bonds. The summed E-state index contributed by atoms with van der Waals surface area (Å²) in [7, 11) is 2.19. The smallest absolute Gasteiger partial charge is 0.220 e. The first-order valence-corrected chi connectivity index (χ1v) is 9.29. The summed E-state index contributed by atoms with van der Waals surface area (Å²) in [5.74, 6) is 0.446. The molecule has 1 aliphatic rings. The van der Waals surface area contributed by atoms with Crippen molar-refractivity contribution in [3.05, 3.63) is 35.4 Å². The fourth-order valence-electron chi connectivity index (χ4n) is 3.36. The molecule has 4 heteroatoms. The van der Waals surface area contributed by atoms with E-state index in [1.807, 2.05) is 6.07 Å². The number of likely N-dealkylation sites (N-methyl/N-ethyl adjacent to an activating group) is 1. The van der Waals surface area contributed by atoms with Crippen LogP contribution >= 0.6 is 0 Å². The van der Waals surface area contributed by atoms with Crippen LogP contribution in [0.1, 0.15) is 43.2 Å². The Morgan fingerprint density at radius 3 is 2.58 bits per heavy atom. The lowest BCUT2D eigenvalue weighted by molar-refractivity contribution is -0.121. The molecule has 1 saturated heterocycles. The number of piperazine rings is 1. The molecule has 1 aromatic rings. The Morgan fingerprint density at radius 2 is 1.88 bits per heavy atom. The molecule has 1 atom stereocenters. The zero-order valence-electron chi connectivity index (χ0n) is 15.6. The van der Waals surface area contributed by atoms with Crippen LogP contribution in [-0.4, -0.2) is 62.0 Å². The van der Waals surface area contributed by atoms with Crippen molar-refractivity contribution in [1.29, 1.82) is 0 Å². The van der Waals surface area contributed by atoms with Gasteiger partial charge in [-0.1, -0.05) is 31.2 Å². The molecule has 2 rings (SSSR count). The van der Waals surface area contributed by atoms with Crippen molar-refractivity contribution in [2.45, 2.75) is 39.0 Å². The number of hydrogen-bond acceptors (Lipinski definition) is 3. The fourth-order valence-corrected chi connectivity index (χ4v) is 3.36. The highest BCUT2D eigenvalue weighted by Crippen LogP contribution is 2.22. The summed E-state index contributed by atoms with van der Waals surface area (Å²) in [5.41, 5.74) is 2.55. The summed E-state index contributed by atoms with van der Waals surface area (Å²) in [6.45, 7) is 10.9. The normalized spacial score (nSPS) is 17.6. The van der Waals surface area contributed by atoms with Gasteiger partial charge >= 0.3 is 0 Å². The monoisotopic (exact) mass is 331 g/mol. The van der Waals surface area contributed by atoms with E-state index in [1.54, 1.807) is 0 Å². The molecule has 1 aromatic carbocycles. The molecule has 4 nitrogen and oxygen atoms in total. The molecule has 0 bridgehead atoms. The van der Waals surface area contributed by atoms with Gasteiger partial charge in [0.2, 0.25) is 5.91 Å². The number of nitrogens with zero attached hydrogens (tertiary/aromatic N) is 2. The van der Waals surface area contributed by atoms with Crippen LogP contribution < -0.4 is 5.32 Å². The van der Waals surface area contributed by atoms with E-state index in [4.69, 9.17) is 0 Å². The van der Waals surface area contributed by atoms with Crippen LogP contribution in [-0.2, 0) is 4.79 Å². The molecular formula is C20H33N3O. The van der Waals surface area contributed by atoms with Crippen LogP contribution in [0.5, 0.6) is 0 Å². The van der Waals surface area contributed by atoms with Crippen molar-refractivity contribution in [3.8, 4) is 0 Å². The van der Waals surface area contributed by atoms with Gasteiger partial charge in [-0.15, -0.1) is 0 Å². The highest BCUT2D eigenvalue weighted by atomic mass is 16.1. The van der Waals surface area contributed by atoms with Gasteiger partial charge in [0.15, 0.2) is 0 Å². The van der Waals surface area contributed by atoms with Crippen LogP contribution in [0.25, 0.3) is 0 Å². The van der Waals surface area contributed by atoms with Crippen LogP contribution in [0.4, 0.5) is 0 Å². The van der Waals surface area contributed by atoms with Crippen LogP contribution in [0.2, 0.25) is 0 Å². The molecule has 1 fully saturated rings. The Balaban J connectivity index is 1.57. The van der Waals surface area contributed by atoms with E-state index in [0.717, 1.165) is 25.9 Å². The zero-order chi connectivity index (χ0) is 17.4. The van der Waals surface area contributed by atoms with Crippen LogP contribution in [0.3, 0.4) is 0 Å². The Hall–Kier alpha value is -1.39. The fraction of sp³-hybridized carbons (Fsp3) is 0.650. The minimum Gasteiger partial charge on any atom is -0.356 e. The molecule has 0 saturated carbocycles. The van der Waals surface area contributed by atoms with Crippen molar-refractivity contribution in [2.24, 2.45) is 0 Å². The van der Waals surface area contributed by atoms with Crippen molar-refractivity contribution in [1.82, 2.24) is 15.1 Å². The lowest BCUT2D eigenvalue weighted by atomic mass is 9.93. The number of aryl methyl sites for hydroxylation is 1. The second-order valence-electron chi connectivity index (χ2n) is 7.16. The summed E-state index contributed by atoms with van der Waals surface area (Å²) in [4.78, 5) is 17.0. The molecule has 0 aromatic heterocycles. The summed E-state index contributed by atoms with van der Waals surface area (Å²) >= 11 is 0. The number of carbonyl (C=O) groups excluding carboxylic acids is 1. The number of nitrogens with one attached hydrogen (secondary N) is 1. The third-order valence-electron chi connectivity index (χ3n) is 5.03. The SMILES string of the molecule is Cc1ccccc1[C@@H](C)CC(=O)NCCCCN1CCN(C)CC1. The maximum Gasteiger partial charge on any atom is 0.220 e. The van der Waals surface area contributed by atoms with Gasteiger partial charge in [0.25, 0.3) is 0 Å². The Kier molecular flexibility index (Phi) is 7.73. The first-order valence-electron chi connectivity index (χ1n) is 9.29. The van der Waals surface area contributed by atoms with Crippen molar-refractivity contribution in [3.63, 3.8) is 0 Å². The highest BCUT2D eigenvalue weighted by molar-refractivity contribution is 5.76. The van der Waals surface area contributed by atoms with E-state index in [2.05, 4.69) is 54.2 Å². The maximum absolute atomic E-state index is 12.1. The van der Waals surface area contributed by atoms with Crippen LogP contribution in [0.15, 0.2) is 24.3 Å². The molecule has 1 N–H and O–H groups in total. The molecule has 0 aliphatic carbocycles. The molecular weight excluding hydrogens is 298 g/mol. The number of rotatable bonds is 8. The van der Waals surface area contributed by atoms with E-state index in [0.29, 0.717) is 6.42 Å². The van der Waals surface area contributed by atoms with E-state index in [-0.39, 0.29) is 11.8 Å².